The van der Waals surface area contributed by atoms with Crippen LogP contribution < -0.4 is 9.80 Å². The second kappa shape index (κ2) is 6.33. The van der Waals surface area contributed by atoms with E-state index in [4.69, 9.17) is 11.6 Å². The number of hydrogen-bond acceptors (Lipinski definition) is 4. The number of benzene rings is 1. The van der Waals surface area contributed by atoms with Crippen LogP contribution in [0.4, 0.5) is 11.5 Å². The van der Waals surface area contributed by atoms with Gasteiger partial charge in [0, 0.05) is 36.9 Å². The van der Waals surface area contributed by atoms with E-state index < -0.39 is 0 Å². The van der Waals surface area contributed by atoms with Crippen LogP contribution in [0.2, 0.25) is 5.02 Å². The Morgan fingerprint density at radius 1 is 1.00 bits per heavy atom. The maximum Gasteiger partial charge on any atom is 0.129 e. The van der Waals surface area contributed by atoms with Gasteiger partial charge in [-0.2, -0.15) is 0 Å². The lowest BCUT2D eigenvalue weighted by Crippen LogP contribution is -2.46. The van der Waals surface area contributed by atoms with Crippen LogP contribution in [0.15, 0.2) is 42.5 Å². The molecule has 21 heavy (non-hydrogen) atoms. The van der Waals surface area contributed by atoms with Crippen molar-refractivity contribution in [2.45, 2.75) is 6.61 Å². The second-order valence-corrected chi connectivity index (χ2v) is 5.54. The van der Waals surface area contributed by atoms with Crippen LogP contribution in [0, 0.1) is 0 Å². The lowest BCUT2D eigenvalue weighted by molar-refractivity contribution is 0.277. The van der Waals surface area contributed by atoms with Crippen molar-refractivity contribution >= 4 is 23.1 Å². The fraction of sp³-hybridized carbons (Fsp3) is 0.312. The number of aliphatic hydroxyl groups excluding tert-OH is 1. The maximum absolute atomic E-state index is 9.18. The number of pyridine rings is 1. The molecule has 0 atom stereocenters. The fourth-order valence-corrected chi connectivity index (χ4v) is 2.78. The van der Waals surface area contributed by atoms with E-state index in [-0.39, 0.29) is 6.61 Å². The zero-order valence-corrected chi connectivity index (χ0v) is 12.5. The summed E-state index contributed by atoms with van der Waals surface area (Å²) in [5.74, 6) is 0.937. The third-order valence-corrected chi connectivity index (χ3v) is 3.97. The summed E-state index contributed by atoms with van der Waals surface area (Å²) in [6.45, 7) is 3.68. The Kier molecular flexibility index (Phi) is 4.27. The number of aromatic nitrogens is 1. The molecule has 1 aliphatic rings. The summed E-state index contributed by atoms with van der Waals surface area (Å²) in [6.07, 6.45) is 0. The van der Waals surface area contributed by atoms with Gasteiger partial charge < -0.3 is 14.9 Å². The minimum atomic E-state index is -0.0175. The molecule has 110 valence electrons. The highest BCUT2D eigenvalue weighted by Gasteiger charge is 2.18. The first-order chi connectivity index (χ1) is 10.3. The Labute approximate surface area is 129 Å². The number of rotatable bonds is 3. The van der Waals surface area contributed by atoms with E-state index in [0.29, 0.717) is 5.69 Å². The summed E-state index contributed by atoms with van der Waals surface area (Å²) in [7, 11) is 0. The van der Waals surface area contributed by atoms with E-state index in [0.717, 1.165) is 37.0 Å². The van der Waals surface area contributed by atoms with Crippen LogP contribution in [0.5, 0.6) is 0 Å². The van der Waals surface area contributed by atoms with Crippen LogP contribution >= 0.6 is 11.6 Å². The van der Waals surface area contributed by atoms with Crippen molar-refractivity contribution in [1.82, 2.24) is 4.98 Å². The van der Waals surface area contributed by atoms with Crippen molar-refractivity contribution in [1.29, 1.82) is 0 Å². The third-order valence-electron chi connectivity index (χ3n) is 3.73. The molecule has 0 saturated carbocycles. The lowest BCUT2D eigenvalue weighted by atomic mass is 10.2. The van der Waals surface area contributed by atoms with Gasteiger partial charge in [-0.15, -0.1) is 0 Å². The van der Waals surface area contributed by atoms with Crippen LogP contribution in [0.1, 0.15) is 5.69 Å². The van der Waals surface area contributed by atoms with E-state index in [9.17, 15) is 5.11 Å². The second-order valence-electron chi connectivity index (χ2n) is 5.10. The molecule has 1 fully saturated rings. The number of hydrogen-bond donors (Lipinski definition) is 1. The zero-order chi connectivity index (χ0) is 14.7. The molecule has 1 aromatic heterocycles. The first-order valence-corrected chi connectivity index (χ1v) is 7.46. The van der Waals surface area contributed by atoms with E-state index in [1.54, 1.807) is 0 Å². The molecular weight excluding hydrogens is 286 g/mol. The molecule has 3 rings (SSSR count). The summed E-state index contributed by atoms with van der Waals surface area (Å²) >= 11 is 6.05. The molecule has 0 amide bonds. The largest absolute Gasteiger partial charge is 0.390 e. The minimum Gasteiger partial charge on any atom is -0.390 e. The molecule has 0 spiro atoms. The molecule has 0 unspecified atom stereocenters. The summed E-state index contributed by atoms with van der Waals surface area (Å²) in [5.41, 5.74) is 1.88. The predicted octanol–water partition coefficient (Wildman–Crippen LogP) is 2.55. The first kappa shape index (κ1) is 14.2. The molecule has 5 heteroatoms. The quantitative estimate of drug-likeness (QED) is 0.946. The molecule has 2 aromatic rings. The summed E-state index contributed by atoms with van der Waals surface area (Å²) in [4.78, 5) is 9.04. The SMILES string of the molecule is OCc1cccc(N2CCN(c3cccc(Cl)c3)CC2)n1. The highest BCUT2D eigenvalue weighted by Crippen LogP contribution is 2.22. The Balaban J connectivity index is 1.67. The minimum absolute atomic E-state index is 0.0175. The van der Waals surface area contributed by atoms with E-state index in [1.165, 1.54) is 5.69 Å². The summed E-state index contributed by atoms with van der Waals surface area (Å²) in [5, 5.41) is 9.95. The van der Waals surface area contributed by atoms with Crippen molar-refractivity contribution in [3.63, 3.8) is 0 Å². The van der Waals surface area contributed by atoms with E-state index in [1.807, 2.05) is 36.4 Å². The molecule has 1 saturated heterocycles. The monoisotopic (exact) mass is 303 g/mol. The highest BCUT2D eigenvalue weighted by molar-refractivity contribution is 6.30. The van der Waals surface area contributed by atoms with Crippen molar-refractivity contribution < 1.29 is 5.11 Å². The van der Waals surface area contributed by atoms with Crippen LogP contribution in [-0.2, 0) is 6.61 Å². The lowest BCUT2D eigenvalue weighted by Gasteiger charge is -2.36. The number of nitrogens with zero attached hydrogens (tertiary/aromatic N) is 3. The van der Waals surface area contributed by atoms with Gasteiger partial charge in [0.05, 0.1) is 12.3 Å². The van der Waals surface area contributed by atoms with Gasteiger partial charge in [-0.05, 0) is 30.3 Å². The van der Waals surface area contributed by atoms with Crippen molar-refractivity contribution in [3.8, 4) is 0 Å². The van der Waals surface area contributed by atoms with Crippen LogP contribution in [0.3, 0.4) is 0 Å². The van der Waals surface area contributed by atoms with E-state index in [2.05, 4.69) is 20.9 Å². The highest BCUT2D eigenvalue weighted by atomic mass is 35.5. The summed E-state index contributed by atoms with van der Waals surface area (Å²) < 4.78 is 0. The molecule has 0 bridgehead atoms. The van der Waals surface area contributed by atoms with Crippen molar-refractivity contribution in [2.75, 3.05) is 36.0 Å². The molecule has 1 aromatic carbocycles. The summed E-state index contributed by atoms with van der Waals surface area (Å²) in [6, 6.07) is 13.7. The van der Waals surface area contributed by atoms with Gasteiger partial charge in [0.1, 0.15) is 5.82 Å². The normalized spacial score (nSPS) is 15.3. The standard InChI is InChI=1S/C16H18ClN3O/c17-13-3-1-5-15(11-13)19-7-9-20(10-8-19)16-6-2-4-14(12-21)18-16/h1-6,11,21H,7-10,12H2. The zero-order valence-electron chi connectivity index (χ0n) is 11.7. The smallest absolute Gasteiger partial charge is 0.129 e. The number of piperazine rings is 1. The molecule has 0 aliphatic carbocycles. The van der Waals surface area contributed by atoms with Crippen molar-refractivity contribution in [2.24, 2.45) is 0 Å². The topological polar surface area (TPSA) is 39.6 Å². The van der Waals surface area contributed by atoms with E-state index >= 15 is 0 Å². The Hall–Kier alpha value is -1.78. The third kappa shape index (κ3) is 3.28. The number of anilines is 2. The molecule has 0 radical (unpaired) electrons. The average molecular weight is 304 g/mol. The van der Waals surface area contributed by atoms with Gasteiger partial charge in [-0.3, -0.25) is 0 Å². The van der Waals surface area contributed by atoms with Gasteiger partial charge >= 0.3 is 0 Å². The van der Waals surface area contributed by atoms with Gasteiger partial charge in [0.2, 0.25) is 0 Å². The van der Waals surface area contributed by atoms with Gasteiger partial charge in [0.15, 0.2) is 0 Å². The predicted molar refractivity (Wildman–Crippen MR) is 86.0 cm³/mol. The average Bonchev–Trinajstić information content (AvgIpc) is 2.55. The molecule has 1 N–H and O–H groups in total. The van der Waals surface area contributed by atoms with Crippen LogP contribution in [0.25, 0.3) is 0 Å². The Bertz CT molecular complexity index is 612. The molecular formula is C16H18ClN3O. The maximum atomic E-state index is 9.18. The fourth-order valence-electron chi connectivity index (χ4n) is 2.60. The Morgan fingerprint density at radius 3 is 2.43 bits per heavy atom. The first-order valence-electron chi connectivity index (χ1n) is 7.08. The molecule has 1 aliphatic heterocycles. The van der Waals surface area contributed by atoms with Crippen LogP contribution in [-0.4, -0.2) is 36.3 Å². The van der Waals surface area contributed by atoms with Crippen molar-refractivity contribution in [3.05, 3.63) is 53.2 Å². The number of aliphatic hydroxyl groups is 1. The van der Waals surface area contributed by atoms with Gasteiger partial charge in [0.25, 0.3) is 0 Å². The van der Waals surface area contributed by atoms with Gasteiger partial charge in [-0.1, -0.05) is 23.7 Å². The number of halogens is 1. The Morgan fingerprint density at radius 2 is 1.71 bits per heavy atom. The van der Waals surface area contributed by atoms with Gasteiger partial charge in [-0.25, -0.2) is 4.98 Å². The molecule has 4 nitrogen and oxygen atoms in total. The molecule has 2 heterocycles.